The predicted molar refractivity (Wildman–Crippen MR) is 81.9 cm³/mol. The quantitative estimate of drug-likeness (QED) is 0.752. The number of benzene rings is 2. The second kappa shape index (κ2) is 5.02. The predicted octanol–water partition coefficient (Wildman–Crippen LogP) is 3.13. The topological polar surface area (TPSA) is 43.8 Å². The van der Waals surface area contributed by atoms with E-state index in [9.17, 15) is 4.39 Å². The van der Waals surface area contributed by atoms with E-state index in [1.807, 2.05) is 34.9 Å². The van der Waals surface area contributed by atoms with E-state index in [-0.39, 0.29) is 5.82 Å². The largest absolute Gasteiger partial charge is 0.392 e. The fraction of sp³-hybridized carbons (Fsp3) is 0.0667. The first kappa shape index (κ1) is 12.7. The number of para-hydroxylation sites is 2. The van der Waals surface area contributed by atoms with Crippen LogP contribution in [-0.2, 0) is 6.54 Å². The highest BCUT2D eigenvalue weighted by molar-refractivity contribution is 7.80. The fourth-order valence-corrected chi connectivity index (χ4v) is 2.37. The van der Waals surface area contributed by atoms with Crippen LogP contribution in [0.1, 0.15) is 0 Å². The molecule has 0 saturated heterocycles. The number of rotatable bonds is 3. The summed E-state index contributed by atoms with van der Waals surface area (Å²) in [7, 11) is 0. The molecular weight excluding hydrogens is 273 g/mol. The Morgan fingerprint density at radius 3 is 2.75 bits per heavy atom. The molecule has 0 unspecified atom stereocenters. The van der Waals surface area contributed by atoms with Gasteiger partial charge in [0.2, 0.25) is 0 Å². The summed E-state index contributed by atoms with van der Waals surface area (Å²) in [6.45, 7) is 0.377. The number of thiocarbonyl (C=S) groups is 1. The van der Waals surface area contributed by atoms with Gasteiger partial charge in [-0.2, -0.15) is 0 Å². The number of hydrogen-bond acceptors (Lipinski definition) is 2. The first-order valence-electron chi connectivity index (χ1n) is 6.14. The first-order chi connectivity index (χ1) is 9.65. The van der Waals surface area contributed by atoms with Crippen LogP contribution in [0.5, 0.6) is 0 Å². The number of aromatic nitrogens is 2. The lowest BCUT2D eigenvalue weighted by atomic mass is 10.2. The van der Waals surface area contributed by atoms with Crippen LogP contribution in [0.2, 0.25) is 0 Å². The summed E-state index contributed by atoms with van der Waals surface area (Å²) < 4.78 is 15.3. The number of fused-ring (bicyclic) bond motifs is 1. The highest BCUT2D eigenvalue weighted by Crippen LogP contribution is 2.25. The molecule has 0 fully saturated rings. The van der Waals surface area contributed by atoms with Crippen molar-refractivity contribution in [2.45, 2.75) is 6.54 Å². The van der Waals surface area contributed by atoms with Crippen LogP contribution in [0.4, 0.5) is 4.39 Å². The lowest BCUT2D eigenvalue weighted by Crippen LogP contribution is -2.17. The lowest BCUT2D eigenvalue weighted by molar-refractivity contribution is 0.628. The van der Waals surface area contributed by atoms with Crippen LogP contribution >= 0.6 is 12.2 Å². The zero-order chi connectivity index (χ0) is 14.1. The molecule has 2 N–H and O–H groups in total. The molecule has 0 saturated carbocycles. The summed E-state index contributed by atoms with van der Waals surface area (Å²) in [4.78, 5) is 4.92. The standard InChI is InChI=1S/C15H12FN3S/c16-11-5-3-4-10(8-11)15-18-12-6-1-2-7-13(12)19(15)9-14(17)20/h1-8H,9H2,(H2,17,20). The van der Waals surface area contributed by atoms with E-state index in [2.05, 4.69) is 4.98 Å². The molecule has 5 heteroatoms. The van der Waals surface area contributed by atoms with E-state index in [0.29, 0.717) is 22.9 Å². The maximum atomic E-state index is 13.4. The molecule has 3 rings (SSSR count). The van der Waals surface area contributed by atoms with E-state index in [4.69, 9.17) is 18.0 Å². The Labute approximate surface area is 120 Å². The smallest absolute Gasteiger partial charge is 0.141 e. The van der Waals surface area contributed by atoms with Crippen molar-refractivity contribution in [1.29, 1.82) is 0 Å². The summed E-state index contributed by atoms with van der Waals surface area (Å²) in [5, 5.41) is 0. The molecular formula is C15H12FN3S. The Morgan fingerprint density at radius 2 is 2.00 bits per heavy atom. The third-order valence-corrected chi connectivity index (χ3v) is 3.18. The Hall–Kier alpha value is -2.27. The van der Waals surface area contributed by atoms with Gasteiger partial charge in [-0.1, -0.05) is 36.5 Å². The number of halogens is 1. The van der Waals surface area contributed by atoms with Crippen LogP contribution in [0.25, 0.3) is 22.4 Å². The van der Waals surface area contributed by atoms with Gasteiger partial charge in [0.1, 0.15) is 11.6 Å². The third-order valence-electron chi connectivity index (χ3n) is 3.05. The second-order valence-electron chi connectivity index (χ2n) is 4.49. The van der Waals surface area contributed by atoms with Crippen molar-refractivity contribution < 1.29 is 4.39 Å². The van der Waals surface area contributed by atoms with E-state index in [1.165, 1.54) is 12.1 Å². The minimum absolute atomic E-state index is 0.295. The highest BCUT2D eigenvalue weighted by atomic mass is 32.1. The fourth-order valence-electron chi connectivity index (χ4n) is 2.24. The summed E-state index contributed by atoms with van der Waals surface area (Å²) in [6, 6.07) is 14.0. The van der Waals surface area contributed by atoms with Crippen LogP contribution < -0.4 is 5.73 Å². The first-order valence-corrected chi connectivity index (χ1v) is 6.55. The van der Waals surface area contributed by atoms with Crippen molar-refractivity contribution in [3.05, 3.63) is 54.3 Å². The van der Waals surface area contributed by atoms with Crippen molar-refractivity contribution >= 4 is 28.2 Å². The molecule has 0 aliphatic rings. The van der Waals surface area contributed by atoms with Gasteiger partial charge in [0.15, 0.2) is 0 Å². The molecule has 2 aromatic carbocycles. The number of nitrogens with two attached hydrogens (primary N) is 1. The zero-order valence-electron chi connectivity index (χ0n) is 10.6. The van der Waals surface area contributed by atoms with Gasteiger partial charge >= 0.3 is 0 Å². The SMILES string of the molecule is NC(=S)Cn1c(-c2cccc(F)c2)nc2ccccc21. The maximum absolute atomic E-state index is 13.4. The van der Waals surface area contributed by atoms with Crippen molar-refractivity contribution in [2.24, 2.45) is 5.73 Å². The number of imidazole rings is 1. The minimum atomic E-state index is -0.295. The van der Waals surface area contributed by atoms with Gasteiger partial charge in [0, 0.05) is 5.56 Å². The van der Waals surface area contributed by atoms with Gasteiger partial charge in [-0.3, -0.25) is 0 Å². The average molecular weight is 285 g/mol. The molecule has 0 aliphatic carbocycles. The van der Waals surface area contributed by atoms with Crippen molar-refractivity contribution in [3.63, 3.8) is 0 Å². The Morgan fingerprint density at radius 1 is 1.20 bits per heavy atom. The van der Waals surface area contributed by atoms with Gasteiger partial charge in [0.25, 0.3) is 0 Å². The Balaban J connectivity index is 2.26. The van der Waals surface area contributed by atoms with Gasteiger partial charge in [-0.15, -0.1) is 0 Å². The maximum Gasteiger partial charge on any atom is 0.141 e. The molecule has 0 spiro atoms. The molecule has 0 atom stereocenters. The summed E-state index contributed by atoms with van der Waals surface area (Å²) in [5.74, 6) is 0.370. The molecule has 3 nitrogen and oxygen atoms in total. The average Bonchev–Trinajstić information content (AvgIpc) is 2.77. The summed E-state index contributed by atoms with van der Waals surface area (Å²) in [6.07, 6.45) is 0. The van der Waals surface area contributed by atoms with Crippen molar-refractivity contribution in [1.82, 2.24) is 9.55 Å². The van der Waals surface area contributed by atoms with E-state index in [0.717, 1.165) is 11.0 Å². The lowest BCUT2D eigenvalue weighted by Gasteiger charge is -2.08. The Bertz CT molecular complexity index is 795. The third kappa shape index (κ3) is 2.28. The number of nitrogens with zero attached hydrogens (tertiary/aromatic N) is 2. The molecule has 100 valence electrons. The molecule has 0 bridgehead atoms. The molecule has 0 radical (unpaired) electrons. The van der Waals surface area contributed by atoms with Crippen LogP contribution in [0, 0.1) is 5.82 Å². The zero-order valence-corrected chi connectivity index (χ0v) is 11.4. The molecule has 1 heterocycles. The van der Waals surface area contributed by atoms with Crippen LogP contribution in [0.15, 0.2) is 48.5 Å². The van der Waals surface area contributed by atoms with Crippen LogP contribution in [-0.4, -0.2) is 14.5 Å². The van der Waals surface area contributed by atoms with Crippen LogP contribution in [0.3, 0.4) is 0 Å². The van der Waals surface area contributed by atoms with Crippen molar-refractivity contribution in [3.8, 4) is 11.4 Å². The van der Waals surface area contributed by atoms with Gasteiger partial charge in [0.05, 0.1) is 22.6 Å². The normalized spacial score (nSPS) is 10.8. The molecule has 0 aliphatic heterocycles. The van der Waals surface area contributed by atoms with Gasteiger partial charge < -0.3 is 10.3 Å². The minimum Gasteiger partial charge on any atom is -0.392 e. The molecule has 0 amide bonds. The number of hydrogen-bond donors (Lipinski definition) is 1. The summed E-state index contributed by atoms with van der Waals surface area (Å²) >= 11 is 5.00. The highest BCUT2D eigenvalue weighted by Gasteiger charge is 2.13. The second-order valence-corrected chi connectivity index (χ2v) is 5.01. The molecule has 3 aromatic rings. The van der Waals surface area contributed by atoms with Gasteiger partial charge in [-0.05, 0) is 24.3 Å². The monoisotopic (exact) mass is 285 g/mol. The van der Waals surface area contributed by atoms with E-state index < -0.39 is 0 Å². The van der Waals surface area contributed by atoms with E-state index in [1.54, 1.807) is 6.07 Å². The van der Waals surface area contributed by atoms with Gasteiger partial charge in [-0.25, -0.2) is 9.37 Å². The molecule has 20 heavy (non-hydrogen) atoms. The molecule has 1 aromatic heterocycles. The summed E-state index contributed by atoms with van der Waals surface area (Å²) in [5.41, 5.74) is 8.13. The Kier molecular flexibility index (Phi) is 3.20. The van der Waals surface area contributed by atoms with E-state index >= 15 is 0 Å². The van der Waals surface area contributed by atoms with Crippen molar-refractivity contribution in [2.75, 3.05) is 0 Å².